The van der Waals surface area contributed by atoms with Gasteiger partial charge in [-0.05, 0) is 23.8 Å². The molecule has 3 rings (SSSR count). The molecule has 0 saturated heterocycles. The molecule has 2 aromatic carbocycles. The van der Waals surface area contributed by atoms with Gasteiger partial charge in [0.05, 0.1) is 19.7 Å². The third kappa shape index (κ3) is 3.65. The lowest BCUT2D eigenvalue weighted by Crippen LogP contribution is -2.09. The van der Waals surface area contributed by atoms with Crippen LogP contribution in [0.3, 0.4) is 0 Å². The number of methoxy groups -OCH3 is 2. The van der Waals surface area contributed by atoms with Gasteiger partial charge in [-0.25, -0.2) is 8.42 Å². The molecule has 0 unspecified atom stereocenters. The highest BCUT2D eigenvalue weighted by Gasteiger charge is 2.11. The van der Waals surface area contributed by atoms with E-state index in [2.05, 4.69) is 4.72 Å². The molecule has 0 amide bonds. The van der Waals surface area contributed by atoms with Gasteiger partial charge in [0.15, 0.2) is 16.9 Å². The first-order chi connectivity index (χ1) is 12.5. The fourth-order valence-corrected chi connectivity index (χ4v) is 3.12. The van der Waals surface area contributed by atoms with Crippen molar-refractivity contribution in [1.82, 2.24) is 4.57 Å². The van der Waals surface area contributed by atoms with Crippen LogP contribution in [-0.2, 0) is 17.4 Å². The fraction of sp³-hybridized carbons (Fsp3) is 0.167. The molecule has 26 heavy (non-hydrogen) atoms. The van der Waals surface area contributed by atoms with E-state index in [-0.39, 0.29) is 5.43 Å². The van der Waals surface area contributed by atoms with Gasteiger partial charge < -0.3 is 14.0 Å². The van der Waals surface area contributed by atoms with Crippen LogP contribution in [0.5, 0.6) is 11.5 Å². The Morgan fingerprint density at radius 3 is 2.27 bits per heavy atom. The van der Waals surface area contributed by atoms with Gasteiger partial charge in [0.1, 0.15) is 0 Å². The average Bonchev–Trinajstić information content (AvgIpc) is 2.64. The zero-order valence-electron chi connectivity index (χ0n) is 14.3. The molecule has 0 aliphatic heterocycles. The van der Waals surface area contributed by atoms with Crippen molar-refractivity contribution < 1.29 is 17.9 Å². The van der Waals surface area contributed by atoms with Crippen LogP contribution in [0.25, 0.3) is 10.9 Å². The topological polar surface area (TPSA) is 86.6 Å². The number of hydrogen-bond acceptors (Lipinski definition) is 5. The van der Waals surface area contributed by atoms with Crippen LogP contribution >= 0.6 is 0 Å². The van der Waals surface area contributed by atoms with Gasteiger partial charge in [0.2, 0.25) is 10.9 Å². The van der Waals surface area contributed by atoms with Gasteiger partial charge in [0.25, 0.3) is 0 Å². The standard InChI is InChI=1S/C18H18N2O5S/c1-24-17-9-14-15(10-18(17)25-2)20(8-7-16(14)21)11-12-3-5-13(6-4-12)19-26(22)23/h3-10,26H,11H2,1-2H3,(H,19,22,23). The van der Waals surface area contributed by atoms with Gasteiger partial charge in [-0.1, -0.05) is 12.1 Å². The molecule has 0 saturated carbocycles. The van der Waals surface area contributed by atoms with Gasteiger partial charge in [-0.15, -0.1) is 0 Å². The van der Waals surface area contributed by atoms with Crippen molar-refractivity contribution in [3.8, 4) is 11.5 Å². The number of pyridine rings is 1. The summed E-state index contributed by atoms with van der Waals surface area (Å²) in [6.45, 7) is 0.510. The first-order valence-corrected chi connectivity index (χ1v) is 8.94. The van der Waals surface area contributed by atoms with E-state index in [1.807, 2.05) is 16.7 Å². The van der Waals surface area contributed by atoms with Crippen molar-refractivity contribution in [1.29, 1.82) is 0 Å². The first kappa shape index (κ1) is 17.8. The van der Waals surface area contributed by atoms with Crippen LogP contribution in [0, 0.1) is 0 Å². The fourth-order valence-electron chi connectivity index (χ4n) is 2.76. The van der Waals surface area contributed by atoms with E-state index in [0.717, 1.165) is 11.1 Å². The second kappa shape index (κ2) is 7.49. The predicted octanol–water partition coefficient (Wildman–Crippen LogP) is 2.01. The quantitative estimate of drug-likeness (QED) is 0.645. The number of anilines is 1. The predicted molar refractivity (Wildman–Crippen MR) is 101 cm³/mol. The number of ether oxygens (including phenoxy) is 2. The van der Waals surface area contributed by atoms with E-state index in [0.29, 0.717) is 29.1 Å². The Kier molecular flexibility index (Phi) is 5.13. The third-order valence-electron chi connectivity index (χ3n) is 4.01. The zero-order chi connectivity index (χ0) is 18.7. The lowest BCUT2D eigenvalue weighted by molar-refractivity contribution is 0.355. The molecule has 1 N–H and O–H groups in total. The lowest BCUT2D eigenvalue weighted by atomic mass is 10.1. The monoisotopic (exact) mass is 374 g/mol. The lowest BCUT2D eigenvalue weighted by Gasteiger charge is -2.14. The zero-order valence-corrected chi connectivity index (χ0v) is 15.2. The van der Waals surface area contributed by atoms with Crippen molar-refractivity contribution >= 4 is 27.5 Å². The Bertz CT molecular complexity index is 1060. The highest BCUT2D eigenvalue weighted by atomic mass is 32.2. The Labute approximate surface area is 151 Å². The SMILES string of the molecule is COc1cc2c(=O)ccn(Cc3ccc(N[SH](=O)=O)cc3)c2cc1OC. The van der Waals surface area contributed by atoms with E-state index in [1.165, 1.54) is 13.2 Å². The molecule has 7 nitrogen and oxygen atoms in total. The van der Waals surface area contributed by atoms with Crippen LogP contribution in [0.15, 0.2) is 53.5 Å². The molecule has 0 aliphatic carbocycles. The second-order valence-corrected chi connectivity index (χ2v) is 6.34. The van der Waals surface area contributed by atoms with Crippen molar-refractivity contribution in [3.63, 3.8) is 0 Å². The molecule has 1 aromatic heterocycles. The maximum atomic E-state index is 12.2. The number of hydrogen-bond donors (Lipinski definition) is 2. The molecule has 0 bridgehead atoms. The molecule has 3 aromatic rings. The summed E-state index contributed by atoms with van der Waals surface area (Å²) in [5.74, 6) is 1.04. The average molecular weight is 374 g/mol. The van der Waals surface area contributed by atoms with Gasteiger partial charge >= 0.3 is 0 Å². The van der Waals surface area contributed by atoms with Gasteiger partial charge in [0, 0.05) is 35.9 Å². The van der Waals surface area contributed by atoms with Crippen LogP contribution in [0.1, 0.15) is 5.56 Å². The van der Waals surface area contributed by atoms with Crippen molar-refractivity contribution in [3.05, 3.63) is 64.4 Å². The van der Waals surface area contributed by atoms with Crippen LogP contribution in [0.2, 0.25) is 0 Å². The smallest absolute Gasteiger partial charge is 0.222 e. The maximum Gasteiger partial charge on any atom is 0.222 e. The minimum Gasteiger partial charge on any atom is -0.493 e. The Morgan fingerprint density at radius 1 is 1.00 bits per heavy atom. The van der Waals surface area contributed by atoms with Crippen LogP contribution in [0.4, 0.5) is 5.69 Å². The number of rotatable bonds is 6. The van der Waals surface area contributed by atoms with Crippen LogP contribution < -0.4 is 19.6 Å². The summed E-state index contributed by atoms with van der Waals surface area (Å²) in [4.78, 5) is 12.2. The number of thiol groups is 1. The number of aromatic nitrogens is 1. The minimum atomic E-state index is -2.69. The summed E-state index contributed by atoms with van der Waals surface area (Å²) >= 11 is 0. The largest absolute Gasteiger partial charge is 0.493 e. The van der Waals surface area contributed by atoms with Gasteiger partial charge in [-0.3, -0.25) is 9.52 Å². The Balaban J connectivity index is 2.02. The maximum absolute atomic E-state index is 12.2. The third-order valence-corrected chi connectivity index (χ3v) is 4.45. The molecule has 0 atom stereocenters. The molecule has 136 valence electrons. The molecule has 0 fully saturated rings. The summed E-state index contributed by atoms with van der Waals surface area (Å²) in [6.07, 6.45) is 1.72. The summed E-state index contributed by atoms with van der Waals surface area (Å²) in [7, 11) is 0.380. The molecule has 0 spiro atoms. The van der Waals surface area contributed by atoms with E-state index in [9.17, 15) is 13.2 Å². The molecule has 0 radical (unpaired) electrons. The molecule has 0 aliphatic rings. The summed E-state index contributed by atoms with van der Waals surface area (Å²) in [6, 6.07) is 12.0. The van der Waals surface area contributed by atoms with E-state index >= 15 is 0 Å². The highest BCUT2D eigenvalue weighted by Crippen LogP contribution is 2.31. The molecular weight excluding hydrogens is 356 g/mol. The first-order valence-electron chi connectivity index (χ1n) is 7.77. The minimum absolute atomic E-state index is 0.101. The molecule has 8 heteroatoms. The number of benzene rings is 2. The molecule has 1 heterocycles. The summed E-state index contributed by atoms with van der Waals surface area (Å²) in [5.41, 5.74) is 2.08. The molecular formula is C18H18N2O5S. The number of fused-ring (bicyclic) bond motifs is 1. The van der Waals surface area contributed by atoms with Gasteiger partial charge in [-0.2, -0.15) is 0 Å². The second-order valence-electron chi connectivity index (χ2n) is 5.60. The number of nitrogens with one attached hydrogen (secondary N) is 1. The van der Waals surface area contributed by atoms with Crippen molar-refractivity contribution in [2.45, 2.75) is 6.54 Å². The highest BCUT2D eigenvalue weighted by molar-refractivity contribution is 7.73. The van der Waals surface area contributed by atoms with E-state index < -0.39 is 10.9 Å². The van der Waals surface area contributed by atoms with Crippen molar-refractivity contribution in [2.75, 3.05) is 18.9 Å². The van der Waals surface area contributed by atoms with Crippen LogP contribution in [-0.4, -0.2) is 27.2 Å². The Hall–Kier alpha value is -3.00. The summed E-state index contributed by atoms with van der Waals surface area (Å²) in [5, 5.41) is 0.534. The normalized spacial score (nSPS) is 10.9. The number of nitrogens with zero attached hydrogens (tertiary/aromatic N) is 1. The van der Waals surface area contributed by atoms with E-state index in [4.69, 9.17) is 9.47 Å². The Morgan fingerprint density at radius 2 is 1.65 bits per heavy atom. The van der Waals surface area contributed by atoms with E-state index in [1.54, 1.807) is 37.6 Å². The summed E-state index contributed by atoms with van der Waals surface area (Å²) < 4.78 is 36.3. The van der Waals surface area contributed by atoms with Crippen molar-refractivity contribution in [2.24, 2.45) is 0 Å².